The van der Waals surface area contributed by atoms with Gasteiger partial charge in [0.15, 0.2) is 6.17 Å². The average molecular weight is 409 g/mol. The Hall–Kier alpha value is -0.990. The van der Waals surface area contributed by atoms with E-state index in [1.54, 1.807) is 19.1 Å². The highest BCUT2D eigenvalue weighted by Crippen LogP contribution is 2.45. The molecule has 0 nitrogen and oxygen atoms in total. The number of hydrogen-bond donors (Lipinski definition) is 0. The van der Waals surface area contributed by atoms with Gasteiger partial charge in [0, 0.05) is 6.42 Å². The number of alkyl halides is 3. The van der Waals surface area contributed by atoms with E-state index in [0.29, 0.717) is 5.92 Å². The first-order valence-corrected chi connectivity index (χ1v) is 12.1. The van der Waals surface area contributed by atoms with Gasteiger partial charge in [-0.1, -0.05) is 70.2 Å². The van der Waals surface area contributed by atoms with Crippen molar-refractivity contribution >= 4 is 0 Å². The van der Waals surface area contributed by atoms with Crippen LogP contribution in [-0.2, 0) is 0 Å². The molecule has 0 bridgehead atoms. The SMILES string of the molecule is CCCC1CCC(C2CCC(c3ccc(C(F)C(F)(F)CCC)cc3)CC2)CC1. The zero-order valence-electron chi connectivity index (χ0n) is 18.3. The van der Waals surface area contributed by atoms with E-state index in [1.165, 1.54) is 69.8 Å². The van der Waals surface area contributed by atoms with Gasteiger partial charge in [-0.05, 0) is 73.3 Å². The van der Waals surface area contributed by atoms with Crippen molar-refractivity contribution in [2.45, 2.75) is 109 Å². The highest BCUT2D eigenvalue weighted by atomic mass is 19.3. The Morgan fingerprint density at radius 1 is 0.828 bits per heavy atom. The van der Waals surface area contributed by atoms with Gasteiger partial charge in [0.1, 0.15) is 0 Å². The molecule has 0 N–H and O–H groups in total. The molecule has 1 atom stereocenters. The molecule has 0 spiro atoms. The molecule has 1 unspecified atom stereocenters. The summed E-state index contributed by atoms with van der Waals surface area (Å²) in [7, 11) is 0. The number of benzene rings is 1. The van der Waals surface area contributed by atoms with E-state index in [0.717, 1.165) is 17.8 Å². The first-order chi connectivity index (χ1) is 13.9. The molecular formula is C26H39F3. The third-order valence-electron chi connectivity index (χ3n) is 7.68. The van der Waals surface area contributed by atoms with Crippen molar-refractivity contribution in [2.24, 2.45) is 17.8 Å². The maximum absolute atomic E-state index is 14.3. The van der Waals surface area contributed by atoms with E-state index in [9.17, 15) is 13.2 Å². The highest BCUT2D eigenvalue weighted by molar-refractivity contribution is 5.28. The van der Waals surface area contributed by atoms with Crippen LogP contribution in [0, 0.1) is 17.8 Å². The molecular weight excluding hydrogens is 369 g/mol. The van der Waals surface area contributed by atoms with Gasteiger partial charge in [-0.3, -0.25) is 0 Å². The monoisotopic (exact) mass is 408 g/mol. The standard InChI is InChI=1S/C26H39F3/c1-3-5-19-6-8-20(9-7-19)21-10-12-22(13-11-21)23-14-16-24(17-15-23)25(27)26(28,29)18-4-2/h14-17,19-22,25H,3-13,18H2,1-2H3. The summed E-state index contributed by atoms with van der Waals surface area (Å²) in [5.41, 5.74) is 1.31. The number of halogens is 3. The van der Waals surface area contributed by atoms with Crippen LogP contribution >= 0.6 is 0 Å². The molecule has 3 rings (SSSR count). The van der Waals surface area contributed by atoms with Gasteiger partial charge < -0.3 is 0 Å². The summed E-state index contributed by atoms with van der Waals surface area (Å²) in [6, 6.07) is 6.96. The van der Waals surface area contributed by atoms with Crippen molar-refractivity contribution in [1.29, 1.82) is 0 Å². The minimum absolute atomic E-state index is 0.115. The third kappa shape index (κ3) is 5.79. The second-order valence-corrected chi connectivity index (χ2v) is 9.72. The van der Waals surface area contributed by atoms with Gasteiger partial charge in [-0.25, -0.2) is 13.2 Å². The Kier molecular flexibility index (Phi) is 8.10. The predicted molar refractivity (Wildman–Crippen MR) is 115 cm³/mol. The van der Waals surface area contributed by atoms with Gasteiger partial charge in [0.05, 0.1) is 0 Å². The minimum Gasteiger partial charge on any atom is -0.236 e. The van der Waals surface area contributed by atoms with Gasteiger partial charge in [-0.15, -0.1) is 0 Å². The molecule has 164 valence electrons. The molecule has 3 heteroatoms. The van der Waals surface area contributed by atoms with Crippen molar-refractivity contribution in [3.05, 3.63) is 35.4 Å². The average Bonchev–Trinajstić information content (AvgIpc) is 2.74. The summed E-state index contributed by atoms with van der Waals surface area (Å²) in [6.07, 6.45) is 11.0. The van der Waals surface area contributed by atoms with Crippen molar-refractivity contribution in [1.82, 2.24) is 0 Å². The van der Waals surface area contributed by atoms with Crippen molar-refractivity contribution in [3.63, 3.8) is 0 Å². The molecule has 2 fully saturated rings. The van der Waals surface area contributed by atoms with Gasteiger partial charge in [0.2, 0.25) is 0 Å². The van der Waals surface area contributed by atoms with Crippen LogP contribution in [0.1, 0.15) is 114 Å². The molecule has 29 heavy (non-hydrogen) atoms. The Morgan fingerprint density at radius 3 is 1.90 bits per heavy atom. The fraction of sp³-hybridized carbons (Fsp3) is 0.769. The molecule has 2 aliphatic carbocycles. The van der Waals surface area contributed by atoms with Crippen LogP contribution in [0.5, 0.6) is 0 Å². The van der Waals surface area contributed by atoms with E-state index in [4.69, 9.17) is 0 Å². The smallest absolute Gasteiger partial charge is 0.236 e. The number of rotatable bonds is 8. The van der Waals surface area contributed by atoms with Gasteiger partial charge in [-0.2, -0.15) is 0 Å². The van der Waals surface area contributed by atoms with Crippen LogP contribution in [0.3, 0.4) is 0 Å². The Labute approximate surface area is 175 Å². The van der Waals surface area contributed by atoms with Crippen LogP contribution in [0.4, 0.5) is 13.2 Å². The van der Waals surface area contributed by atoms with E-state index < -0.39 is 18.5 Å². The molecule has 0 aliphatic heterocycles. The first kappa shape index (κ1) is 22.7. The second-order valence-electron chi connectivity index (χ2n) is 9.72. The summed E-state index contributed by atoms with van der Waals surface area (Å²) in [5, 5.41) is 0. The Balaban J connectivity index is 1.50. The van der Waals surface area contributed by atoms with Gasteiger partial charge >= 0.3 is 0 Å². The molecule has 1 aromatic rings. The maximum Gasteiger partial charge on any atom is 0.282 e. The lowest BCUT2D eigenvalue weighted by Crippen LogP contribution is -2.25. The lowest BCUT2D eigenvalue weighted by Gasteiger charge is -2.38. The summed E-state index contributed by atoms with van der Waals surface area (Å²) in [6.45, 7) is 3.96. The van der Waals surface area contributed by atoms with E-state index in [-0.39, 0.29) is 12.0 Å². The van der Waals surface area contributed by atoms with Crippen molar-refractivity contribution in [2.75, 3.05) is 0 Å². The topological polar surface area (TPSA) is 0 Å². The molecule has 0 amide bonds. The summed E-state index contributed by atoms with van der Waals surface area (Å²) >= 11 is 0. The second kappa shape index (κ2) is 10.4. The van der Waals surface area contributed by atoms with E-state index >= 15 is 0 Å². The summed E-state index contributed by atoms with van der Waals surface area (Å²) in [4.78, 5) is 0. The third-order valence-corrected chi connectivity index (χ3v) is 7.68. The zero-order chi connectivity index (χ0) is 20.9. The van der Waals surface area contributed by atoms with E-state index in [1.807, 2.05) is 12.1 Å². The lowest BCUT2D eigenvalue weighted by atomic mass is 9.68. The van der Waals surface area contributed by atoms with Crippen molar-refractivity contribution in [3.8, 4) is 0 Å². The highest BCUT2D eigenvalue weighted by Gasteiger charge is 2.40. The van der Waals surface area contributed by atoms with Crippen LogP contribution in [0.15, 0.2) is 24.3 Å². The van der Waals surface area contributed by atoms with Crippen LogP contribution in [0.25, 0.3) is 0 Å². The zero-order valence-corrected chi connectivity index (χ0v) is 18.3. The molecule has 0 aromatic heterocycles. The van der Waals surface area contributed by atoms with Crippen LogP contribution in [0.2, 0.25) is 0 Å². The Bertz CT molecular complexity index is 593. The maximum atomic E-state index is 14.3. The molecule has 0 saturated heterocycles. The normalized spacial score (nSPS) is 29.6. The van der Waals surface area contributed by atoms with Crippen LogP contribution < -0.4 is 0 Å². The van der Waals surface area contributed by atoms with Crippen LogP contribution in [-0.4, -0.2) is 5.92 Å². The number of hydrogen-bond acceptors (Lipinski definition) is 0. The Morgan fingerprint density at radius 2 is 1.38 bits per heavy atom. The molecule has 2 saturated carbocycles. The van der Waals surface area contributed by atoms with Gasteiger partial charge in [0.25, 0.3) is 5.92 Å². The quantitative estimate of drug-likeness (QED) is 0.402. The van der Waals surface area contributed by atoms with Crippen molar-refractivity contribution < 1.29 is 13.2 Å². The summed E-state index contributed by atoms with van der Waals surface area (Å²) < 4.78 is 42.0. The molecule has 1 aromatic carbocycles. The lowest BCUT2D eigenvalue weighted by molar-refractivity contribution is -0.0807. The summed E-state index contributed by atoms with van der Waals surface area (Å²) in [5.74, 6) is -0.0126. The molecule has 2 aliphatic rings. The molecule has 0 heterocycles. The predicted octanol–water partition coefficient (Wildman–Crippen LogP) is 9.01. The first-order valence-electron chi connectivity index (χ1n) is 12.1. The largest absolute Gasteiger partial charge is 0.282 e. The van der Waals surface area contributed by atoms with E-state index in [2.05, 4.69) is 6.92 Å². The molecule has 0 radical (unpaired) electrons. The fourth-order valence-corrected chi connectivity index (χ4v) is 5.92. The fourth-order valence-electron chi connectivity index (χ4n) is 5.92. The minimum atomic E-state index is -3.27.